The third kappa shape index (κ3) is 1.62. The highest BCUT2D eigenvalue weighted by Crippen LogP contribution is 2.25. The number of aryl methyl sites for hydroxylation is 2. The van der Waals surface area contributed by atoms with Gasteiger partial charge in [0, 0.05) is 5.69 Å². The fourth-order valence-corrected chi connectivity index (χ4v) is 1.96. The lowest BCUT2D eigenvalue weighted by Gasteiger charge is -1.86. The van der Waals surface area contributed by atoms with Gasteiger partial charge in [-0.15, -0.1) is 22.8 Å². The maximum atomic E-state index is 4.12. The zero-order valence-corrected chi connectivity index (χ0v) is 9.04. The molecular formula is C8H9N3S2. The Labute approximate surface area is 85.6 Å². The highest BCUT2D eigenvalue weighted by Gasteiger charge is 2.07. The molecule has 0 atom stereocenters. The van der Waals surface area contributed by atoms with Gasteiger partial charge in [-0.2, -0.15) is 0 Å². The molecule has 0 fully saturated rings. The van der Waals surface area contributed by atoms with E-state index in [0.717, 1.165) is 10.7 Å². The van der Waals surface area contributed by atoms with E-state index in [-0.39, 0.29) is 0 Å². The molecule has 0 aromatic carbocycles. The molecule has 0 spiro atoms. The maximum absolute atomic E-state index is 4.12. The first kappa shape index (κ1) is 8.77. The second kappa shape index (κ2) is 3.16. The van der Waals surface area contributed by atoms with Crippen molar-refractivity contribution in [2.24, 2.45) is 0 Å². The Kier molecular flexibility index (Phi) is 2.13. The van der Waals surface area contributed by atoms with E-state index in [2.05, 4.69) is 40.8 Å². The molecule has 2 rings (SSSR count). The van der Waals surface area contributed by atoms with Crippen molar-refractivity contribution in [3.63, 3.8) is 0 Å². The van der Waals surface area contributed by atoms with E-state index < -0.39 is 0 Å². The topological polar surface area (TPSA) is 41.6 Å². The van der Waals surface area contributed by atoms with Crippen molar-refractivity contribution in [3.05, 3.63) is 17.3 Å². The summed E-state index contributed by atoms with van der Waals surface area (Å²) < 4.78 is 0.694. The lowest BCUT2D eigenvalue weighted by molar-refractivity contribution is 1.01. The third-order valence-corrected chi connectivity index (χ3v) is 3.04. The second-order valence-corrected chi connectivity index (χ2v) is 4.58. The van der Waals surface area contributed by atoms with Crippen molar-refractivity contribution in [3.8, 4) is 10.7 Å². The first-order valence-corrected chi connectivity index (χ1v) is 5.12. The summed E-state index contributed by atoms with van der Waals surface area (Å²) in [7, 11) is 0. The van der Waals surface area contributed by atoms with Crippen LogP contribution in [0.15, 0.2) is 10.4 Å². The van der Waals surface area contributed by atoms with E-state index >= 15 is 0 Å². The fourth-order valence-electron chi connectivity index (χ4n) is 1.10. The molecule has 0 saturated carbocycles. The number of H-pyrrole nitrogens is 1. The molecule has 1 N–H and O–H groups in total. The Bertz CT molecular complexity index is 411. The van der Waals surface area contributed by atoms with Gasteiger partial charge in [-0.25, -0.2) is 0 Å². The first-order valence-electron chi connectivity index (χ1n) is 3.86. The van der Waals surface area contributed by atoms with E-state index in [9.17, 15) is 0 Å². The molecule has 0 aliphatic carbocycles. The highest BCUT2D eigenvalue weighted by atomic mass is 32.2. The molecule has 2 aromatic rings. The van der Waals surface area contributed by atoms with Crippen LogP contribution in [-0.4, -0.2) is 15.2 Å². The van der Waals surface area contributed by atoms with Gasteiger partial charge < -0.3 is 4.98 Å². The molecule has 0 aliphatic heterocycles. The summed E-state index contributed by atoms with van der Waals surface area (Å²) in [4.78, 5) is 3.25. The molecule has 0 saturated heterocycles. The molecule has 2 heterocycles. The van der Waals surface area contributed by atoms with Crippen LogP contribution in [0.2, 0.25) is 0 Å². The van der Waals surface area contributed by atoms with Crippen LogP contribution in [0, 0.1) is 13.8 Å². The van der Waals surface area contributed by atoms with E-state index in [4.69, 9.17) is 0 Å². The van der Waals surface area contributed by atoms with Crippen LogP contribution < -0.4 is 0 Å². The van der Waals surface area contributed by atoms with Crippen LogP contribution in [0.25, 0.3) is 10.7 Å². The molecule has 2 aromatic heterocycles. The van der Waals surface area contributed by atoms with Crippen molar-refractivity contribution in [1.82, 2.24) is 15.2 Å². The minimum Gasteiger partial charge on any atom is -0.356 e. The van der Waals surface area contributed by atoms with Gasteiger partial charge in [-0.05, 0) is 25.5 Å². The monoisotopic (exact) mass is 211 g/mol. The zero-order valence-electron chi connectivity index (χ0n) is 7.33. The molecule has 0 amide bonds. The van der Waals surface area contributed by atoms with E-state index in [1.54, 1.807) is 0 Å². The molecule has 0 aliphatic rings. The SMILES string of the molecule is Cc1cc(-c2nnc(S)s2)[nH]c1C. The number of aromatic nitrogens is 3. The Morgan fingerprint density at radius 3 is 2.62 bits per heavy atom. The summed E-state index contributed by atoms with van der Waals surface area (Å²) in [6.45, 7) is 4.11. The Morgan fingerprint density at radius 2 is 2.15 bits per heavy atom. The average molecular weight is 211 g/mol. The quantitative estimate of drug-likeness (QED) is 0.711. The predicted octanol–water partition coefficient (Wildman–Crippen LogP) is 2.44. The van der Waals surface area contributed by atoms with Gasteiger partial charge in [0.2, 0.25) is 0 Å². The van der Waals surface area contributed by atoms with Crippen LogP contribution in [0.5, 0.6) is 0 Å². The minimum atomic E-state index is 0.694. The molecular weight excluding hydrogens is 202 g/mol. The number of nitrogens with one attached hydrogen (secondary N) is 1. The third-order valence-electron chi connectivity index (χ3n) is 1.92. The molecule has 0 radical (unpaired) electrons. The van der Waals surface area contributed by atoms with Crippen molar-refractivity contribution in [2.75, 3.05) is 0 Å². The van der Waals surface area contributed by atoms with Crippen LogP contribution in [-0.2, 0) is 0 Å². The number of thiol groups is 1. The number of hydrogen-bond acceptors (Lipinski definition) is 4. The van der Waals surface area contributed by atoms with Crippen LogP contribution in [0.1, 0.15) is 11.3 Å². The van der Waals surface area contributed by atoms with Crippen molar-refractivity contribution < 1.29 is 0 Å². The van der Waals surface area contributed by atoms with Crippen LogP contribution >= 0.6 is 24.0 Å². The van der Waals surface area contributed by atoms with E-state index in [0.29, 0.717) is 4.34 Å². The Hall–Kier alpha value is -0.810. The normalized spacial score (nSPS) is 10.7. The van der Waals surface area contributed by atoms with Crippen molar-refractivity contribution >= 4 is 24.0 Å². The predicted molar refractivity (Wildman–Crippen MR) is 56.4 cm³/mol. The number of hydrogen-bond donors (Lipinski definition) is 2. The highest BCUT2D eigenvalue weighted by molar-refractivity contribution is 7.82. The average Bonchev–Trinajstić information content (AvgIpc) is 2.61. The van der Waals surface area contributed by atoms with Gasteiger partial charge >= 0.3 is 0 Å². The molecule has 13 heavy (non-hydrogen) atoms. The first-order chi connectivity index (χ1) is 6.16. The standard InChI is InChI=1S/C8H9N3S2/c1-4-3-6(9-5(4)2)7-10-11-8(12)13-7/h3,9H,1-2H3,(H,11,12). The van der Waals surface area contributed by atoms with Gasteiger partial charge in [-0.3, -0.25) is 0 Å². The van der Waals surface area contributed by atoms with E-state index in [1.807, 2.05) is 6.92 Å². The van der Waals surface area contributed by atoms with Gasteiger partial charge in [0.15, 0.2) is 9.35 Å². The molecule has 5 heteroatoms. The minimum absolute atomic E-state index is 0.694. The lowest BCUT2D eigenvalue weighted by atomic mass is 10.3. The zero-order chi connectivity index (χ0) is 9.42. The summed E-state index contributed by atoms with van der Waals surface area (Å²) in [5, 5.41) is 8.74. The Balaban J connectivity index is 2.46. The molecule has 3 nitrogen and oxygen atoms in total. The summed E-state index contributed by atoms with van der Waals surface area (Å²) >= 11 is 5.59. The van der Waals surface area contributed by atoms with Crippen molar-refractivity contribution in [1.29, 1.82) is 0 Å². The van der Waals surface area contributed by atoms with Crippen LogP contribution in [0.4, 0.5) is 0 Å². The van der Waals surface area contributed by atoms with Crippen LogP contribution in [0.3, 0.4) is 0 Å². The summed E-state index contributed by atoms with van der Waals surface area (Å²) in [6, 6.07) is 2.07. The van der Waals surface area contributed by atoms with E-state index in [1.165, 1.54) is 22.6 Å². The molecule has 68 valence electrons. The number of aromatic amines is 1. The smallest absolute Gasteiger partial charge is 0.171 e. The molecule has 0 unspecified atom stereocenters. The number of rotatable bonds is 1. The van der Waals surface area contributed by atoms with Gasteiger partial charge in [-0.1, -0.05) is 11.3 Å². The van der Waals surface area contributed by atoms with Gasteiger partial charge in [0.25, 0.3) is 0 Å². The second-order valence-electron chi connectivity index (χ2n) is 2.88. The number of nitrogens with zero attached hydrogens (tertiary/aromatic N) is 2. The Morgan fingerprint density at radius 1 is 1.38 bits per heavy atom. The van der Waals surface area contributed by atoms with Gasteiger partial charge in [0.1, 0.15) is 0 Å². The maximum Gasteiger partial charge on any atom is 0.171 e. The molecule has 0 bridgehead atoms. The fraction of sp³-hybridized carbons (Fsp3) is 0.250. The largest absolute Gasteiger partial charge is 0.356 e. The van der Waals surface area contributed by atoms with Crippen molar-refractivity contribution in [2.45, 2.75) is 18.2 Å². The summed E-state index contributed by atoms with van der Waals surface area (Å²) in [6.07, 6.45) is 0. The summed E-state index contributed by atoms with van der Waals surface area (Å²) in [5.41, 5.74) is 3.43. The van der Waals surface area contributed by atoms with Gasteiger partial charge in [0.05, 0.1) is 5.69 Å². The summed E-state index contributed by atoms with van der Waals surface area (Å²) in [5.74, 6) is 0. The lowest BCUT2D eigenvalue weighted by Crippen LogP contribution is -1.76.